The number of benzene rings is 5. The van der Waals surface area contributed by atoms with E-state index in [1.54, 1.807) is 44.6 Å². The number of hydrogen-bond donors (Lipinski definition) is 1. The van der Waals surface area contributed by atoms with Crippen molar-refractivity contribution in [3.8, 4) is 11.5 Å². The smallest absolute Gasteiger partial charge is 0.352 e. The molecular formula is C46H48O11. The zero-order chi connectivity index (χ0) is 40.0. The molecule has 1 aliphatic carbocycles. The number of hydrogen-bond acceptors (Lipinski definition) is 11. The van der Waals surface area contributed by atoms with Gasteiger partial charge in [0.2, 0.25) is 6.10 Å². The lowest BCUT2D eigenvalue weighted by Crippen LogP contribution is -2.67. The monoisotopic (exact) mass is 776 g/mol. The Labute approximate surface area is 333 Å². The summed E-state index contributed by atoms with van der Waals surface area (Å²) in [4.78, 5) is 26.5. The predicted molar refractivity (Wildman–Crippen MR) is 210 cm³/mol. The Bertz CT molecular complexity index is 1960. The quantitative estimate of drug-likeness (QED) is 0.0931. The Morgan fingerprint density at radius 1 is 0.509 bits per heavy atom. The van der Waals surface area contributed by atoms with E-state index >= 15 is 0 Å². The van der Waals surface area contributed by atoms with Crippen LogP contribution in [0.2, 0.25) is 0 Å². The van der Waals surface area contributed by atoms with Gasteiger partial charge in [0, 0.05) is 12.5 Å². The molecule has 1 aliphatic rings. The molecule has 0 aliphatic heterocycles. The summed E-state index contributed by atoms with van der Waals surface area (Å²) in [5, 5.41) is 12.4. The SMILES string of the molecule is COc1ccc(CO[C@@H]2[C@@H](OCc3ccccc3)[C@H](OC(=O)[C@@H](OC(C)=O)c3ccccc3)[C@H](O)[C@H](OCc3ccccc3)[C@H]2OCc2ccc(OC)cc2)cc1. The number of carbonyl (C=O) groups is 2. The first-order valence-electron chi connectivity index (χ1n) is 18.7. The highest BCUT2D eigenvalue weighted by atomic mass is 16.6. The van der Waals surface area contributed by atoms with Crippen LogP contribution in [0, 0.1) is 0 Å². The minimum Gasteiger partial charge on any atom is -0.497 e. The van der Waals surface area contributed by atoms with Gasteiger partial charge in [0.25, 0.3) is 0 Å². The first-order chi connectivity index (χ1) is 27.8. The molecule has 1 saturated carbocycles. The second kappa shape index (κ2) is 20.6. The molecule has 0 amide bonds. The minimum atomic E-state index is -1.49. The molecule has 5 aromatic carbocycles. The summed E-state index contributed by atoms with van der Waals surface area (Å²) >= 11 is 0. The van der Waals surface area contributed by atoms with E-state index in [1.807, 2.05) is 109 Å². The van der Waals surface area contributed by atoms with Crippen molar-refractivity contribution in [2.75, 3.05) is 14.2 Å². The van der Waals surface area contributed by atoms with Gasteiger partial charge in [-0.15, -0.1) is 0 Å². The average molecular weight is 777 g/mol. The number of carbonyl (C=O) groups excluding carboxylic acids is 2. The Morgan fingerprint density at radius 3 is 1.30 bits per heavy atom. The fourth-order valence-electron chi connectivity index (χ4n) is 6.64. The van der Waals surface area contributed by atoms with E-state index in [9.17, 15) is 14.7 Å². The lowest BCUT2D eigenvalue weighted by molar-refractivity contribution is -0.279. The first kappa shape index (κ1) is 41.1. The number of methoxy groups -OCH3 is 2. The molecule has 1 N–H and O–H groups in total. The van der Waals surface area contributed by atoms with Gasteiger partial charge in [-0.25, -0.2) is 4.79 Å². The van der Waals surface area contributed by atoms with Crippen molar-refractivity contribution >= 4 is 11.9 Å². The zero-order valence-corrected chi connectivity index (χ0v) is 32.2. The molecule has 0 bridgehead atoms. The molecule has 298 valence electrons. The maximum absolute atomic E-state index is 14.2. The molecule has 5 aromatic rings. The normalized spacial score (nSPS) is 20.9. The summed E-state index contributed by atoms with van der Waals surface area (Å²) in [6.45, 7) is 1.62. The minimum absolute atomic E-state index is 0.0848. The van der Waals surface area contributed by atoms with Crippen molar-refractivity contribution < 1.29 is 52.6 Å². The molecule has 0 spiro atoms. The topological polar surface area (TPSA) is 128 Å². The van der Waals surface area contributed by atoms with Gasteiger partial charge in [0.15, 0.2) is 6.10 Å². The molecular weight excluding hydrogens is 728 g/mol. The number of aliphatic hydroxyl groups is 1. The van der Waals surface area contributed by atoms with Gasteiger partial charge in [-0.1, -0.05) is 115 Å². The predicted octanol–water partition coefficient (Wildman–Crippen LogP) is 6.94. The fourth-order valence-corrected chi connectivity index (χ4v) is 6.64. The van der Waals surface area contributed by atoms with E-state index < -0.39 is 54.7 Å². The summed E-state index contributed by atoms with van der Waals surface area (Å²) < 4.78 is 49.1. The van der Waals surface area contributed by atoms with Crippen LogP contribution in [-0.2, 0) is 64.4 Å². The van der Waals surface area contributed by atoms with Gasteiger partial charge >= 0.3 is 11.9 Å². The second-order valence-electron chi connectivity index (χ2n) is 13.6. The molecule has 0 saturated heterocycles. The summed E-state index contributed by atoms with van der Waals surface area (Å²) in [6, 6.07) is 42.4. The van der Waals surface area contributed by atoms with Gasteiger partial charge < -0.3 is 43.0 Å². The van der Waals surface area contributed by atoms with Crippen LogP contribution < -0.4 is 9.47 Å². The average Bonchev–Trinajstić information content (AvgIpc) is 3.25. The molecule has 1 fully saturated rings. The Morgan fingerprint density at radius 2 is 0.877 bits per heavy atom. The van der Waals surface area contributed by atoms with Crippen LogP contribution in [0.4, 0.5) is 0 Å². The van der Waals surface area contributed by atoms with E-state index in [2.05, 4.69) is 0 Å². The summed E-state index contributed by atoms with van der Waals surface area (Å²) in [5.41, 5.74) is 3.75. The Balaban J connectivity index is 1.40. The van der Waals surface area contributed by atoms with Gasteiger partial charge in [-0.05, 0) is 46.5 Å². The van der Waals surface area contributed by atoms with Crippen LogP contribution in [-0.4, -0.2) is 67.9 Å². The van der Waals surface area contributed by atoms with E-state index in [0.717, 1.165) is 22.3 Å². The van der Waals surface area contributed by atoms with Crippen LogP contribution in [0.15, 0.2) is 140 Å². The van der Waals surface area contributed by atoms with Crippen molar-refractivity contribution in [1.82, 2.24) is 0 Å². The van der Waals surface area contributed by atoms with E-state index in [4.69, 9.17) is 37.9 Å². The van der Waals surface area contributed by atoms with Crippen molar-refractivity contribution in [3.05, 3.63) is 167 Å². The second-order valence-corrected chi connectivity index (χ2v) is 13.6. The molecule has 0 unspecified atom stereocenters. The lowest BCUT2D eigenvalue weighted by atomic mass is 9.83. The molecule has 11 nitrogen and oxygen atoms in total. The van der Waals surface area contributed by atoms with Gasteiger partial charge in [0.1, 0.15) is 42.0 Å². The highest BCUT2D eigenvalue weighted by Gasteiger charge is 2.55. The molecule has 7 atom stereocenters. The van der Waals surface area contributed by atoms with Crippen LogP contribution in [0.3, 0.4) is 0 Å². The first-order valence-corrected chi connectivity index (χ1v) is 18.7. The van der Waals surface area contributed by atoms with Crippen molar-refractivity contribution in [1.29, 1.82) is 0 Å². The van der Waals surface area contributed by atoms with Gasteiger partial charge in [-0.2, -0.15) is 0 Å². The van der Waals surface area contributed by atoms with Crippen molar-refractivity contribution in [3.63, 3.8) is 0 Å². The summed E-state index contributed by atoms with van der Waals surface area (Å²) in [7, 11) is 3.19. The van der Waals surface area contributed by atoms with Crippen molar-refractivity contribution in [2.24, 2.45) is 0 Å². The number of ether oxygens (including phenoxy) is 8. The van der Waals surface area contributed by atoms with Gasteiger partial charge in [-0.3, -0.25) is 4.79 Å². The summed E-state index contributed by atoms with van der Waals surface area (Å²) in [6.07, 6.45) is -8.40. The van der Waals surface area contributed by atoms with Crippen LogP contribution in [0.5, 0.6) is 11.5 Å². The van der Waals surface area contributed by atoms with Crippen LogP contribution in [0.1, 0.15) is 40.8 Å². The van der Waals surface area contributed by atoms with E-state index in [0.29, 0.717) is 17.1 Å². The maximum Gasteiger partial charge on any atom is 0.352 e. The molecule has 57 heavy (non-hydrogen) atoms. The maximum atomic E-state index is 14.2. The molecule has 0 radical (unpaired) electrons. The highest BCUT2D eigenvalue weighted by Crippen LogP contribution is 2.36. The third-order valence-corrected chi connectivity index (χ3v) is 9.59. The summed E-state index contributed by atoms with van der Waals surface area (Å²) in [5.74, 6) is -0.203. The molecule has 0 heterocycles. The fraction of sp³-hybridized carbons (Fsp3) is 0.304. The largest absolute Gasteiger partial charge is 0.497 e. The van der Waals surface area contributed by atoms with E-state index in [1.165, 1.54) is 6.92 Å². The van der Waals surface area contributed by atoms with Crippen LogP contribution in [0.25, 0.3) is 0 Å². The van der Waals surface area contributed by atoms with Crippen molar-refractivity contribution in [2.45, 2.75) is 76.1 Å². The lowest BCUT2D eigenvalue weighted by Gasteiger charge is -2.48. The Kier molecular flexibility index (Phi) is 14.8. The standard InChI is InChI=1S/C46H48O11/c1-31(47)56-40(36-17-11-6-12-18-36)46(49)57-42-39(48)41(52-27-32-13-7-4-8-14-32)43(53-29-34-19-23-37(50-2)24-20-34)45(44(42)54-28-33-15-9-5-10-16-33)55-30-35-21-25-38(51-3)26-22-35/h4-26,39-45,48H,27-30H2,1-3H3/t39-,40+,41+,42-,43-,44+,45+/m1/s1. The van der Waals surface area contributed by atoms with Gasteiger partial charge in [0.05, 0.1) is 40.6 Å². The molecule has 11 heteroatoms. The van der Waals surface area contributed by atoms with E-state index in [-0.39, 0.29) is 26.4 Å². The third-order valence-electron chi connectivity index (χ3n) is 9.59. The number of aliphatic hydroxyl groups excluding tert-OH is 1. The number of esters is 2. The third kappa shape index (κ3) is 11.3. The molecule has 6 rings (SSSR count). The molecule has 0 aromatic heterocycles. The number of rotatable bonds is 18. The van der Waals surface area contributed by atoms with Crippen LogP contribution >= 0.6 is 0 Å². The highest BCUT2D eigenvalue weighted by molar-refractivity contribution is 5.80. The Hall–Kier alpha value is -5.56. The zero-order valence-electron chi connectivity index (χ0n) is 32.2.